The zero-order valence-corrected chi connectivity index (χ0v) is 11.2. The van der Waals surface area contributed by atoms with Gasteiger partial charge in [-0.1, -0.05) is 24.3 Å². The van der Waals surface area contributed by atoms with Crippen molar-refractivity contribution in [3.05, 3.63) is 42.2 Å². The van der Waals surface area contributed by atoms with Gasteiger partial charge in [0.2, 0.25) is 0 Å². The smallest absolute Gasteiger partial charge is 0.305 e. The van der Waals surface area contributed by atoms with E-state index < -0.39 is 5.97 Å². The molecule has 20 heavy (non-hydrogen) atoms. The Bertz CT molecular complexity index is 635. The third-order valence-corrected chi connectivity index (χ3v) is 3.14. The Labute approximate surface area is 116 Å². The second-order valence-corrected chi connectivity index (χ2v) is 4.41. The number of benzene rings is 1. The summed E-state index contributed by atoms with van der Waals surface area (Å²) in [5.74, 6) is -1.15. The molecule has 0 aliphatic rings. The summed E-state index contributed by atoms with van der Waals surface area (Å²) in [6.45, 7) is 2.47. The first-order valence-corrected chi connectivity index (χ1v) is 6.48. The lowest BCUT2D eigenvalue weighted by Gasteiger charge is -2.20. The lowest BCUT2D eigenvalue weighted by Crippen LogP contribution is -2.33. The molecule has 1 heterocycles. The minimum atomic E-state index is -0.915. The van der Waals surface area contributed by atoms with Crippen molar-refractivity contribution in [3.8, 4) is 0 Å². The van der Waals surface area contributed by atoms with Crippen LogP contribution in [0.3, 0.4) is 0 Å². The number of amides is 1. The second kappa shape index (κ2) is 6.14. The van der Waals surface area contributed by atoms with Crippen molar-refractivity contribution < 1.29 is 14.7 Å². The second-order valence-electron chi connectivity index (χ2n) is 4.41. The molecular weight excluding hydrogens is 256 g/mol. The number of carbonyl (C=O) groups excluding carboxylic acids is 1. The minimum absolute atomic E-state index is 0.0651. The molecule has 1 aromatic heterocycles. The molecule has 1 N–H and O–H groups in total. The van der Waals surface area contributed by atoms with Crippen molar-refractivity contribution in [2.24, 2.45) is 0 Å². The van der Waals surface area contributed by atoms with Gasteiger partial charge < -0.3 is 10.0 Å². The molecule has 0 unspecified atom stereocenters. The molecule has 2 aromatic rings. The highest BCUT2D eigenvalue weighted by Gasteiger charge is 2.18. The zero-order valence-electron chi connectivity index (χ0n) is 11.2. The number of aliphatic carboxylic acids is 1. The number of hydrogen-bond acceptors (Lipinski definition) is 3. The van der Waals surface area contributed by atoms with E-state index in [4.69, 9.17) is 5.11 Å². The number of carboxylic acids is 1. The van der Waals surface area contributed by atoms with Crippen LogP contribution in [-0.4, -0.2) is 40.0 Å². The van der Waals surface area contributed by atoms with Crippen LogP contribution in [0.15, 0.2) is 36.5 Å². The first-order chi connectivity index (χ1) is 9.63. The Hall–Kier alpha value is -2.43. The Morgan fingerprint density at radius 2 is 2.00 bits per heavy atom. The van der Waals surface area contributed by atoms with Gasteiger partial charge in [-0.3, -0.25) is 14.6 Å². The molecule has 0 spiro atoms. The van der Waals surface area contributed by atoms with Gasteiger partial charge in [0.25, 0.3) is 5.91 Å². The van der Waals surface area contributed by atoms with Crippen LogP contribution >= 0.6 is 0 Å². The molecular formula is C15H16N2O3. The lowest BCUT2D eigenvalue weighted by molar-refractivity contribution is -0.137. The van der Waals surface area contributed by atoms with Gasteiger partial charge in [-0.15, -0.1) is 0 Å². The highest BCUT2D eigenvalue weighted by atomic mass is 16.4. The number of fused-ring (bicyclic) bond motifs is 1. The van der Waals surface area contributed by atoms with E-state index in [1.807, 2.05) is 37.3 Å². The summed E-state index contributed by atoms with van der Waals surface area (Å²) in [7, 11) is 0. The first-order valence-electron chi connectivity index (χ1n) is 6.48. The van der Waals surface area contributed by atoms with Crippen molar-refractivity contribution in [1.82, 2.24) is 9.88 Å². The average molecular weight is 272 g/mol. The topological polar surface area (TPSA) is 70.5 Å². The Balaban J connectivity index is 2.32. The molecule has 0 aliphatic carbocycles. The Kier molecular flexibility index (Phi) is 4.30. The lowest BCUT2D eigenvalue weighted by atomic mass is 10.1. The zero-order chi connectivity index (χ0) is 14.5. The van der Waals surface area contributed by atoms with Gasteiger partial charge >= 0.3 is 5.97 Å². The van der Waals surface area contributed by atoms with Crippen molar-refractivity contribution in [1.29, 1.82) is 0 Å². The largest absolute Gasteiger partial charge is 0.481 e. The fourth-order valence-corrected chi connectivity index (χ4v) is 2.07. The molecule has 0 fully saturated rings. The molecule has 5 heteroatoms. The SMILES string of the molecule is CCN(CCC(=O)O)C(=O)c1nccc2ccccc12. The third kappa shape index (κ3) is 2.93. The number of carboxylic acid groups (broad SMARTS) is 1. The van der Waals surface area contributed by atoms with Gasteiger partial charge in [-0.25, -0.2) is 0 Å². The van der Waals surface area contributed by atoms with Crippen LogP contribution in [0, 0.1) is 0 Å². The number of rotatable bonds is 5. The van der Waals surface area contributed by atoms with Crippen LogP contribution in [-0.2, 0) is 4.79 Å². The number of pyridine rings is 1. The van der Waals surface area contributed by atoms with Crippen molar-refractivity contribution in [3.63, 3.8) is 0 Å². The van der Waals surface area contributed by atoms with Crippen LogP contribution in [0.5, 0.6) is 0 Å². The summed E-state index contributed by atoms with van der Waals surface area (Å²) in [5, 5.41) is 10.5. The average Bonchev–Trinajstić information content (AvgIpc) is 2.46. The molecule has 1 aromatic carbocycles. The van der Waals surface area contributed by atoms with E-state index in [1.54, 1.807) is 6.20 Å². The minimum Gasteiger partial charge on any atom is -0.481 e. The Morgan fingerprint density at radius 1 is 1.25 bits per heavy atom. The molecule has 0 atom stereocenters. The van der Waals surface area contributed by atoms with E-state index in [1.165, 1.54) is 4.90 Å². The van der Waals surface area contributed by atoms with Crippen LogP contribution in [0.25, 0.3) is 10.8 Å². The molecule has 104 valence electrons. The van der Waals surface area contributed by atoms with Crippen LogP contribution < -0.4 is 0 Å². The van der Waals surface area contributed by atoms with E-state index in [0.29, 0.717) is 12.2 Å². The van der Waals surface area contributed by atoms with Gasteiger partial charge in [0.1, 0.15) is 5.69 Å². The van der Waals surface area contributed by atoms with E-state index in [2.05, 4.69) is 4.98 Å². The maximum atomic E-state index is 12.5. The standard InChI is InChI=1S/C15H16N2O3/c1-2-17(10-8-13(18)19)15(20)14-12-6-4-3-5-11(12)7-9-16-14/h3-7,9H,2,8,10H2,1H3,(H,18,19). The summed E-state index contributed by atoms with van der Waals surface area (Å²) in [6.07, 6.45) is 1.53. The Morgan fingerprint density at radius 3 is 2.70 bits per heavy atom. The fraction of sp³-hybridized carbons (Fsp3) is 0.267. The van der Waals surface area contributed by atoms with E-state index in [9.17, 15) is 9.59 Å². The molecule has 0 saturated carbocycles. The van der Waals surface area contributed by atoms with Gasteiger partial charge in [0.15, 0.2) is 0 Å². The predicted octanol–water partition coefficient (Wildman–Crippen LogP) is 2.17. The maximum absolute atomic E-state index is 12.5. The molecule has 5 nitrogen and oxygen atoms in total. The summed E-state index contributed by atoms with van der Waals surface area (Å²) in [6, 6.07) is 9.37. The number of hydrogen-bond donors (Lipinski definition) is 1. The number of nitrogens with zero attached hydrogens (tertiary/aromatic N) is 2. The molecule has 0 saturated heterocycles. The summed E-state index contributed by atoms with van der Waals surface area (Å²) < 4.78 is 0. The van der Waals surface area contributed by atoms with Crippen molar-refractivity contribution >= 4 is 22.6 Å². The van der Waals surface area contributed by atoms with Gasteiger partial charge in [-0.05, 0) is 18.4 Å². The molecule has 2 rings (SSSR count). The van der Waals surface area contributed by atoms with Gasteiger partial charge in [0, 0.05) is 24.7 Å². The van der Waals surface area contributed by atoms with Crippen molar-refractivity contribution in [2.75, 3.05) is 13.1 Å². The number of carbonyl (C=O) groups is 2. The highest BCUT2D eigenvalue weighted by molar-refractivity contribution is 6.05. The highest BCUT2D eigenvalue weighted by Crippen LogP contribution is 2.17. The molecule has 0 aliphatic heterocycles. The fourth-order valence-electron chi connectivity index (χ4n) is 2.07. The number of aromatic nitrogens is 1. The van der Waals surface area contributed by atoms with Crippen LogP contribution in [0.4, 0.5) is 0 Å². The molecule has 0 bridgehead atoms. The van der Waals surface area contributed by atoms with E-state index in [0.717, 1.165) is 10.8 Å². The predicted molar refractivity (Wildman–Crippen MR) is 75.6 cm³/mol. The monoisotopic (exact) mass is 272 g/mol. The first kappa shape index (κ1) is 14.0. The summed E-state index contributed by atoms with van der Waals surface area (Å²) in [4.78, 5) is 28.8. The molecule has 1 amide bonds. The summed E-state index contributed by atoms with van der Waals surface area (Å²) in [5.41, 5.74) is 0.371. The third-order valence-electron chi connectivity index (χ3n) is 3.14. The van der Waals surface area contributed by atoms with Gasteiger partial charge in [0.05, 0.1) is 6.42 Å². The molecule has 0 radical (unpaired) electrons. The van der Waals surface area contributed by atoms with E-state index >= 15 is 0 Å². The van der Waals surface area contributed by atoms with Gasteiger partial charge in [-0.2, -0.15) is 0 Å². The van der Waals surface area contributed by atoms with Crippen LogP contribution in [0.2, 0.25) is 0 Å². The maximum Gasteiger partial charge on any atom is 0.305 e. The van der Waals surface area contributed by atoms with Crippen molar-refractivity contribution in [2.45, 2.75) is 13.3 Å². The normalized spacial score (nSPS) is 10.4. The van der Waals surface area contributed by atoms with Crippen LogP contribution in [0.1, 0.15) is 23.8 Å². The summed E-state index contributed by atoms with van der Waals surface area (Å²) >= 11 is 0. The quantitative estimate of drug-likeness (QED) is 0.905. The van der Waals surface area contributed by atoms with E-state index in [-0.39, 0.29) is 18.9 Å².